The summed E-state index contributed by atoms with van der Waals surface area (Å²) in [5.41, 5.74) is 1.57. The van der Waals surface area contributed by atoms with E-state index in [4.69, 9.17) is 4.42 Å². The van der Waals surface area contributed by atoms with E-state index in [2.05, 4.69) is 10.3 Å². The van der Waals surface area contributed by atoms with E-state index in [1.807, 2.05) is 54.6 Å². The highest BCUT2D eigenvalue weighted by Gasteiger charge is 2.12. The average molecular weight is 390 g/mol. The van der Waals surface area contributed by atoms with Crippen molar-refractivity contribution in [3.05, 3.63) is 78.1 Å². The van der Waals surface area contributed by atoms with E-state index < -0.39 is 0 Å². The Morgan fingerprint density at radius 2 is 1.71 bits per heavy atom. The Hall–Kier alpha value is -3.25. The Balaban J connectivity index is 1.30. The van der Waals surface area contributed by atoms with Crippen LogP contribution in [0.5, 0.6) is 0 Å². The predicted octanol–water partition coefficient (Wildman–Crippen LogP) is 4.84. The third-order valence-electron chi connectivity index (χ3n) is 4.30. The first-order valence-electron chi connectivity index (χ1n) is 8.98. The van der Waals surface area contributed by atoms with Crippen LogP contribution in [0, 0.1) is 0 Å². The maximum Gasteiger partial charge on any atom is 0.220 e. The molecule has 0 bridgehead atoms. The van der Waals surface area contributed by atoms with E-state index in [0.717, 1.165) is 15.2 Å². The van der Waals surface area contributed by atoms with E-state index in [0.29, 0.717) is 17.1 Å². The van der Waals surface area contributed by atoms with Crippen LogP contribution in [0.4, 0.5) is 0 Å². The highest BCUT2D eigenvalue weighted by atomic mass is 32.1. The van der Waals surface area contributed by atoms with Crippen molar-refractivity contribution < 1.29 is 14.0 Å². The third kappa shape index (κ3) is 4.18. The van der Waals surface area contributed by atoms with Gasteiger partial charge in [0.05, 0.1) is 16.8 Å². The number of fused-ring (bicyclic) bond motifs is 1. The number of rotatable bonds is 7. The minimum Gasteiger partial charge on any atom is -0.457 e. The molecule has 5 nitrogen and oxygen atoms in total. The van der Waals surface area contributed by atoms with Gasteiger partial charge in [-0.1, -0.05) is 42.5 Å². The van der Waals surface area contributed by atoms with Gasteiger partial charge in [0, 0.05) is 18.4 Å². The van der Waals surface area contributed by atoms with Crippen LogP contribution in [0.25, 0.3) is 21.0 Å². The molecule has 6 heteroatoms. The fourth-order valence-electron chi connectivity index (χ4n) is 2.83. The number of Topliss-reactive ketones (excluding diaryl/α,β-unsaturated/α-hetero) is 1. The van der Waals surface area contributed by atoms with Crippen LogP contribution in [0.1, 0.15) is 29.0 Å². The van der Waals surface area contributed by atoms with Crippen molar-refractivity contribution >= 4 is 33.2 Å². The molecule has 2 aromatic heterocycles. The molecule has 0 spiro atoms. The van der Waals surface area contributed by atoms with Gasteiger partial charge in [0.2, 0.25) is 5.91 Å². The van der Waals surface area contributed by atoms with Crippen LogP contribution >= 0.6 is 11.3 Å². The van der Waals surface area contributed by atoms with Crippen molar-refractivity contribution in [2.45, 2.75) is 19.4 Å². The van der Waals surface area contributed by atoms with Crippen LogP contribution in [-0.4, -0.2) is 16.7 Å². The molecule has 2 heterocycles. The van der Waals surface area contributed by atoms with Gasteiger partial charge in [0.25, 0.3) is 0 Å². The summed E-state index contributed by atoms with van der Waals surface area (Å²) in [5.74, 6) is 1.12. The fourth-order valence-corrected chi connectivity index (χ4v) is 3.76. The van der Waals surface area contributed by atoms with Crippen molar-refractivity contribution in [2.24, 2.45) is 0 Å². The average Bonchev–Trinajstić information content (AvgIpc) is 3.37. The summed E-state index contributed by atoms with van der Waals surface area (Å²) in [6, 6.07) is 20.6. The summed E-state index contributed by atoms with van der Waals surface area (Å²) in [4.78, 5) is 28.7. The second kappa shape index (κ2) is 8.19. The molecule has 0 saturated carbocycles. The number of benzene rings is 2. The van der Waals surface area contributed by atoms with Crippen molar-refractivity contribution in [3.63, 3.8) is 0 Å². The van der Waals surface area contributed by atoms with Gasteiger partial charge in [0.15, 0.2) is 16.6 Å². The van der Waals surface area contributed by atoms with E-state index in [-0.39, 0.29) is 31.1 Å². The number of carbonyl (C=O) groups is 2. The molecule has 2 aromatic carbocycles. The summed E-state index contributed by atoms with van der Waals surface area (Å²) in [5, 5.41) is 3.61. The number of nitrogens with one attached hydrogen (secondary N) is 1. The summed E-state index contributed by atoms with van der Waals surface area (Å²) in [6.07, 6.45) is 0.337. The smallest absolute Gasteiger partial charge is 0.220 e. The van der Waals surface area contributed by atoms with Crippen LogP contribution in [-0.2, 0) is 11.3 Å². The molecule has 1 N–H and O–H groups in total. The van der Waals surface area contributed by atoms with Gasteiger partial charge in [-0.3, -0.25) is 9.59 Å². The molecule has 140 valence electrons. The lowest BCUT2D eigenvalue weighted by Crippen LogP contribution is -2.23. The Labute approximate surface area is 166 Å². The maximum atomic E-state index is 12.1. The summed E-state index contributed by atoms with van der Waals surface area (Å²) in [7, 11) is 0. The zero-order valence-electron chi connectivity index (χ0n) is 15.1. The van der Waals surface area contributed by atoms with Gasteiger partial charge in [-0.25, -0.2) is 4.98 Å². The van der Waals surface area contributed by atoms with Crippen LogP contribution in [0.15, 0.2) is 71.1 Å². The molecule has 4 rings (SSSR count). The Bertz CT molecular complexity index is 1080. The van der Waals surface area contributed by atoms with E-state index in [1.165, 1.54) is 0 Å². The maximum absolute atomic E-state index is 12.1. The number of carbonyl (C=O) groups excluding carboxylic acids is 2. The molecular weight excluding hydrogens is 372 g/mol. The number of ketones is 1. The van der Waals surface area contributed by atoms with Gasteiger partial charge in [-0.15, -0.1) is 11.3 Å². The third-order valence-corrected chi connectivity index (χ3v) is 5.35. The Morgan fingerprint density at radius 3 is 2.54 bits per heavy atom. The molecule has 0 aliphatic rings. The van der Waals surface area contributed by atoms with Crippen molar-refractivity contribution in [2.75, 3.05) is 0 Å². The molecule has 0 unspecified atom stereocenters. The van der Waals surface area contributed by atoms with Gasteiger partial charge in [-0.05, 0) is 24.3 Å². The van der Waals surface area contributed by atoms with Crippen molar-refractivity contribution in [1.82, 2.24) is 10.3 Å². The molecule has 1 amide bonds. The quantitative estimate of drug-likeness (QED) is 0.459. The minimum atomic E-state index is -0.179. The summed E-state index contributed by atoms with van der Waals surface area (Å²) in [6.45, 7) is 0.281. The van der Waals surface area contributed by atoms with Gasteiger partial charge >= 0.3 is 0 Å². The summed E-state index contributed by atoms with van der Waals surface area (Å²) < 4.78 is 6.91. The molecular formula is C22H18N2O3S. The molecule has 0 radical (unpaired) electrons. The number of hydrogen-bond acceptors (Lipinski definition) is 5. The van der Waals surface area contributed by atoms with Crippen LogP contribution < -0.4 is 5.32 Å². The SMILES string of the molecule is O=C(CCC(=O)c1ccccc1)NCc1ccc(-c2nc3ccccc3s2)o1. The van der Waals surface area contributed by atoms with E-state index >= 15 is 0 Å². The monoisotopic (exact) mass is 390 g/mol. The zero-order chi connectivity index (χ0) is 19.3. The molecule has 0 aliphatic carbocycles. The number of hydrogen-bond donors (Lipinski definition) is 1. The van der Waals surface area contributed by atoms with Crippen molar-refractivity contribution in [1.29, 1.82) is 0 Å². The number of para-hydroxylation sites is 1. The lowest BCUT2D eigenvalue weighted by Gasteiger charge is -2.03. The fraction of sp³-hybridized carbons (Fsp3) is 0.136. The molecule has 28 heavy (non-hydrogen) atoms. The van der Waals surface area contributed by atoms with E-state index in [9.17, 15) is 9.59 Å². The van der Waals surface area contributed by atoms with Crippen LogP contribution in [0.3, 0.4) is 0 Å². The lowest BCUT2D eigenvalue weighted by atomic mass is 10.1. The first-order valence-corrected chi connectivity index (χ1v) is 9.80. The number of aromatic nitrogens is 1. The lowest BCUT2D eigenvalue weighted by molar-refractivity contribution is -0.121. The van der Waals surface area contributed by atoms with E-state index in [1.54, 1.807) is 23.5 Å². The Morgan fingerprint density at radius 1 is 0.929 bits per heavy atom. The van der Waals surface area contributed by atoms with Gasteiger partial charge in [-0.2, -0.15) is 0 Å². The normalized spacial score (nSPS) is 10.9. The van der Waals surface area contributed by atoms with Crippen molar-refractivity contribution in [3.8, 4) is 10.8 Å². The van der Waals surface area contributed by atoms with Gasteiger partial charge in [0.1, 0.15) is 5.76 Å². The standard InChI is InChI=1S/C22H18N2O3S/c25-18(15-6-2-1-3-7-15)11-13-21(26)23-14-16-10-12-19(27-16)22-24-17-8-4-5-9-20(17)28-22/h1-10,12H,11,13-14H2,(H,23,26). The molecule has 0 aliphatic heterocycles. The number of amides is 1. The predicted molar refractivity (Wildman–Crippen MR) is 109 cm³/mol. The molecule has 4 aromatic rings. The van der Waals surface area contributed by atoms with Gasteiger partial charge < -0.3 is 9.73 Å². The van der Waals surface area contributed by atoms with Crippen LogP contribution in [0.2, 0.25) is 0 Å². The second-order valence-corrected chi connectivity index (χ2v) is 7.35. The first kappa shape index (κ1) is 18.1. The second-order valence-electron chi connectivity index (χ2n) is 6.32. The zero-order valence-corrected chi connectivity index (χ0v) is 15.9. The minimum absolute atomic E-state index is 0.0353. The summed E-state index contributed by atoms with van der Waals surface area (Å²) >= 11 is 1.57. The topological polar surface area (TPSA) is 72.2 Å². The molecule has 0 atom stereocenters. The molecule has 0 saturated heterocycles. The number of thiazole rings is 1. The number of nitrogens with zero attached hydrogens (tertiary/aromatic N) is 1. The highest BCUT2D eigenvalue weighted by molar-refractivity contribution is 7.21. The number of furan rings is 1. The Kier molecular flexibility index (Phi) is 5.30. The first-order chi connectivity index (χ1) is 13.7. The largest absolute Gasteiger partial charge is 0.457 e. The molecule has 0 fully saturated rings. The highest BCUT2D eigenvalue weighted by Crippen LogP contribution is 2.31.